The molecule has 3 N–H and O–H groups in total. The Morgan fingerprint density at radius 1 is 0.939 bits per heavy atom. The van der Waals surface area contributed by atoms with Gasteiger partial charge < -0.3 is 25.0 Å². The molecule has 0 saturated carbocycles. The van der Waals surface area contributed by atoms with Crippen molar-refractivity contribution in [1.29, 1.82) is 0 Å². The Hall–Kier alpha value is -2.33. The third kappa shape index (κ3) is 5.27. The minimum atomic E-state index is -1.71. The van der Waals surface area contributed by atoms with Gasteiger partial charge in [0.25, 0.3) is 0 Å². The molecule has 2 saturated heterocycles. The number of β-amino-alcohol motifs (C(OH)–C–C–N with tert-alkyl or cyclic N) is 2. The van der Waals surface area contributed by atoms with Gasteiger partial charge in [-0.2, -0.15) is 4.39 Å². The van der Waals surface area contributed by atoms with Crippen molar-refractivity contribution >= 4 is 5.69 Å². The van der Waals surface area contributed by atoms with Crippen molar-refractivity contribution in [1.82, 2.24) is 4.90 Å². The van der Waals surface area contributed by atoms with Crippen LogP contribution in [0.15, 0.2) is 42.5 Å². The molecular formula is C24H29F3N2O4. The van der Waals surface area contributed by atoms with E-state index in [2.05, 4.69) is 0 Å². The van der Waals surface area contributed by atoms with Crippen LogP contribution in [0.4, 0.5) is 18.9 Å². The second-order valence-electron chi connectivity index (χ2n) is 9.12. The Bertz CT molecular complexity index is 970. The van der Waals surface area contributed by atoms with E-state index in [-0.39, 0.29) is 31.1 Å². The minimum Gasteiger partial charge on any atom is -0.487 e. The van der Waals surface area contributed by atoms with E-state index in [1.54, 1.807) is 18.2 Å². The van der Waals surface area contributed by atoms with Gasteiger partial charge >= 0.3 is 0 Å². The minimum absolute atomic E-state index is 0.00440. The molecule has 0 aromatic heterocycles. The number of para-hydroxylation sites is 1. The van der Waals surface area contributed by atoms with Crippen molar-refractivity contribution in [2.75, 3.05) is 44.2 Å². The second kappa shape index (κ2) is 9.50. The van der Waals surface area contributed by atoms with Crippen molar-refractivity contribution in [3.05, 3.63) is 59.9 Å². The summed E-state index contributed by atoms with van der Waals surface area (Å²) in [5, 5.41) is 32.5. The first-order valence-corrected chi connectivity index (χ1v) is 11.1. The lowest BCUT2D eigenvalue weighted by Gasteiger charge is -2.46. The van der Waals surface area contributed by atoms with E-state index in [1.165, 1.54) is 18.2 Å². The van der Waals surface area contributed by atoms with Crippen LogP contribution in [0.1, 0.15) is 19.3 Å². The highest BCUT2D eigenvalue weighted by Gasteiger charge is 2.44. The van der Waals surface area contributed by atoms with Crippen LogP contribution in [0.3, 0.4) is 0 Å². The highest BCUT2D eigenvalue weighted by atomic mass is 19.2. The third-order valence-corrected chi connectivity index (χ3v) is 6.64. The molecule has 0 aliphatic carbocycles. The predicted octanol–water partition coefficient (Wildman–Crippen LogP) is 2.31. The molecule has 0 spiro atoms. The molecule has 2 atom stereocenters. The first-order valence-electron chi connectivity index (χ1n) is 11.1. The predicted molar refractivity (Wildman–Crippen MR) is 117 cm³/mol. The molecule has 2 aromatic rings. The van der Waals surface area contributed by atoms with Gasteiger partial charge in [-0.15, -0.1) is 0 Å². The van der Waals surface area contributed by atoms with Gasteiger partial charge in [-0.05, 0) is 43.5 Å². The number of rotatable bonds is 6. The monoisotopic (exact) mass is 466 g/mol. The maximum Gasteiger partial charge on any atom is 0.200 e. The summed E-state index contributed by atoms with van der Waals surface area (Å²) < 4.78 is 46.7. The van der Waals surface area contributed by atoms with Crippen LogP contribution in [-0.2, 0) is 0 Å². The van der Waals surface area contributed by atoms with Crippen LogP contribution in [0.5, 0.6) is 5.75 Å². The molecular weight excluding hydrogens is 437 g/mol. The van der Waals surface area contributed by atoms with Gasteiger partial charge in [-0.3, -0.25) is 4.90 Å². The Morgan fingerprint density at radius 2 is 1.64 bits per heavy atom. The van der Waals surface area contributed by atoms with E-state index < -0.39 is 35.5 Å². The van der Waals surface area contributed by atoms with E-state index in [0.717, 1.165) is 6.07 Å². The smallest absolute Gasteiger partial charge is 0.200 e. The summed E-state index contributed by atoms with van der Waals surface area (Å²) in [4.78, 5) is 3.75. The van der Waals surface area contributed by atoms with E-state index in [4.69, 9.17) is 4.74 Å². The van der Waals surface area contributed by atoms with Gasteiger partial charge in [0, 0.05) is 32.7 Å². The Kier molecular flexibility index (Phi) is 6.86. The molecule has 2 aliphatic rings. The maximum atomic E-state index is 14.1. The lowest BCUT2D eigenvalue weighted by Crippen LogP contribution is -2.62. The van der Waals surface area contributed by atoms with Crippen molar-refractivity contribution < 1.29 is 33.2 Å². The lowest BCUT2D eigenvalue weighted by atomic mass is 9.86. The molecule has 4 rings (SSSR count). The molecule has 0 amide bonds. The maximum absolute atomic E-state index is 14.1. The summed E-state index contributed by atoms with van der Waals surface area (Å²) in [7, 11) is 0. The molecule has 33 heavy (non-hydrogen) atoms. The van der Waals surface area contributed by atoms with Gasteiger partial charge in [-0.1, -0.05) is 18.2 Å². The summed E-state index contributed by atoms with van der Waals surface area (Å²) >= 11 is 0. The van der Waals surface area contributed by atoms with Crippen LogP contribution in [-0.4, -0.2) is 76.9 Å². The van der Waals surface area contributed by atoms with Crippen molar-refractivity contribution in [3.63, 3.8) is 0 Å². The number of benzene rings is 2. The number of aliphatic hydroxyl groups excluding tert-OH is 1. The fourth-order valence-corrected chi connectivity index (χ4v) is 4.67. The molecule has 2 heterocycles. The van der Waals surface area contributed by atoms with Crippen LogP contribution in [0, 0.1) is 17.5 Å². The summed E-state index contributed by atoms with van der Waals surface area (Å²) in [6.45, 7) is 1.27. The highest BCUT2D eigenvalue weighted by Crippen LogP contribution is 2.31. The second-order valence-corrected chi connectivity index (χ2v) is 9.12. The van der Waals surface area contributed by atoms with Crippen molar-refractivity contribution in [2.24, 2.45) is 0 Å². The average molecular weight is 467 g/mol. The normalized spacial score (nSPS) is 25.8. The van der Waals surface area contributed by atoms with E-state index in [1.807, 2.05) is 9.80 Å². The fourth-order valence-electron chi connectivity index (χ4n) is 4.67. The SMILES string of the molecule is O[C@H]1CCN(CC2(O)CCN(c3ccccc3F)CC2)C[C@]1(O)COc1cccc(F)c1F. The zero-order valence-corrected chi connectivity index (χ0v) is 18.3. The lowest BCUT2D eigenvalue weighted by molar-refractivity contribution is -0.149. The quantitative estimate of drug-likeness (QED) is 0.607. The Morgan fingerprint density at radius 3 is 2.36 bits per heavy atom. The van der Waals surface area contributed by atoms with Gasteiger partial charge in [0.15, 0.2) is 11.6 Å². The Labute approximate surface area is 190 Å². The van der Waals surface area contributed by atoms with Crippen molar-refractivity contribution in [2.45, 2.75) is 36.6 Å². The molecule has 6 nitrogen and oxygen atoms in total. The first kappa shape index (κ1) is 23.8. The zero-order chi connectivity index (χ0) is 23.6. The number of likely N-dealkylation sites (tertiary alicyclic amines) is 1. The molecule has 9 heteroatoms. The number of nitrogens with zero attached hydrogens (tertiary/aromatic N) is 2. The van der Waals surface area contributed by atoms with Gasteiger partial charge in [0.05, 0.1) is 17.4 Å². The average Bonchev–Trinajstić information content (AvgIpc) is 2.78. The number of anilines is 1. The molecule has 0 bridgehead atoms. The molecule has 0 unspecified atom stereocenters. The van der Waals surface area contributed by atoms with E-state index in [9.17, 15) is 28.5 Å². The summed E-state index contributed by atoms with van der Waals surface area (Å²) in [6, 6.07) is 10.0. The van der Waals surface area contributed by atoms with Crippen LogP contribution < -0.4 is 9.64 Å². The van der Waals surface area contributed by atoms with Gasteiger partial charge in [0.1, 0.15) is 18.0 Å². The zero-order valence-electron chi connectivity index (χ0n) is 18.3. The fraction of sp³-hybridized carbons (Fsp3) is 0.500. The molecule has 180 valence electrons. The van der Waals surface area contributed by atoms with Gasteiger partial charge in [-0.25, -0.2) is 8.78 Å². The number of aliphatic hydroxyl groups is 3. The molecule has 2 fully saturated rings. The summed E-state index contributed by atoms with van der Waals surface area (Å²) in [5.74, 6) is -2.85. The molecule has 2 aromatic carbocycles. The number of piperidine rings is 2. The summed E-state index contributed by atoms with van der Waals surface area (Å²) in [6.07, 6.45) is -0.0285. The van der Waals surface area contributed by atoms with Crippen LogP contribution in [0.2, 0.25) is 0 Å². The summed E-state index contributed by atoms with van der Waals surface area (Å²) in [5.41, 5.74) is -2.22. The molecule has 0 radical (unpaired) electrons. The number of halogens is 3. The number of hydrogen-bond acceptors (Lipinski definition) is 6. The first-order chi connectivity index (χ1) is 15.7. The Balaban J connectivity index is 1.36. The molecule has 2 aliphatic heterocycles. The van der Waals surface area contributed by atoms with Gasteiger partial charge in [0.2, 0.25) is 5.82 Å². The topological polar surface area (TPSA) is 76.4 Å². The largest absolute Gasteiger partial charge is 0.487 e. The van der Waals surface area contributed by atoms with Crippen LogP contribution in [0.25, 0.3) is 0 Å². The van der Waals surface area contributed by atoms with Crippen molar-refractivity contribution in [3.8, 4) is 5.75 Å². The van der Waals surface area contributed by atoms with E-state index in [0.29, 0.717) is 38.2 Å². The van der Waals surface area contributed by atoms with Crippen LogP contribution >= 0.6 is 0 Å². The standard InChI is InChI=1S/C24H29F3N2O4/c25-17-4-1-2-6-19(17)29-12-9-23(31,10-13-29)14-28-11-8-21(30)24(32,15-28)16-33-20-7-3-5-18(26)22(20)27/h1-7,21,30-32H,8-16H2/t21-,24-/m0/s1. The third-order valence-electron chi connectivity index (χ3n) is 6.64. The number of ether oxygens (including phenoxy) is 1. The highest BCUT2D eigenvalue weighted by molar-refractivity contribution is 5.48. The number of hydrogen-bond donors (Lipinski definition) is 3. The van der Waals surface area contributed by atoms with E-state index >= 15 is 0 Å².